The van der Waals surface area contributed by atoms with Crippen molar-refractivity contribution < 1.29 is 17.6 Å². The van der Waals surface area contributed by atoms with Gasteiger partial charge in [0, 0.05) is 30.3 Å². The Morgan fingerprint density at radius 2 is 1.88 bits per heavy atom. The second kappa shape index (κ2) is 7.57. The third-order valence-corrected chi connectivity index (χ3v) is 5.83. The second-order valence-electron chi connectivity index (χ2n) is 7.85. The third kappa shape index (κ3) is 3.57. The summed E-state index contributed by atoms with van der Waals surface area (Å²) < 4.78 is 53.0. The lowest BCUT2D eigenvalue weighted by Crippen LogP contribution is -2.34. The Hall–Kier alpha value is -3.50. The summed E-state index contributed by atoms with van der Waals surface area (Å²) in [7, 11) is 0. The molecule has 1 aromatic carbocycles. The van der Waals surface area contributed by atoms with Crippen LogP contribution in [0.1, 0.15) is 35.8 Å². The van der Waals surface area contributed by atoms with E-state index in [9.17, 15) is 17.6 Å². The van der Waals surface area contributed by atoms with Crippen LogP contribution in [0, 0.1) is 12.7 Å². The number of halogens is 4. The minimum atomic E-state index is -4.76. The number of alkyl halides is 3. The Morgan fingerprint density at radius 1 is 1.09 bits per heavy atom. The van der Waals surface area contributed by atoms with Crippen LogP contribution in [0.25, 0.3) is 22.4 Å². The summed E-state index contributed by atoms with van der Waals surface area (Å²) in [4.78, 5) is 25.7. The van der Waals surface area contributed by atoms with Gasteiger partial charge in [-0.05, 0) is 38.0 Å². The molecule has 0 aliphatic carbocycles. The van der Waals surface area contributed by atoms with Crippen molar-refractivity contribution in [1.29, 1.82) is 0 Å². The van der Waals surface area contributed by atoms with Crippen LogP contribution in [0.5, 0.6) is 0 Å². The molecular formula is C21H19F4N7. The fourth-order valence-corrected chi connectivity index (χ4v) is 4.20. The molecule has 5 rings (SSSR count). The molecule has 4 heterocycles. The van der Waals surface area contributed by atoms with E-state index in [1.54, 1.807) is 13.3 Å². The van der Waals surface area contributed by atoms with Crippen molar-refractivity contribution in [2.75, 3.05) is 18.0 Å². The molecule has 32 heavy (non-hydrogen) atoms. The van der Waals surface area contributed by atoms with Crippen molar-refractivity contribution in [3.8, 4) is 11.3 Å². The number of aryl methyl sites for hydroxylation is 1. The fraction of sp³-hybridized carbons (Fsp3) is 0.333. The van der Waals surface area contributed by atoms with Crippen LogP contribution in [0.4, 0.5) is 23.4 Å². The summed E-state index contributed by atoms with van der Waals surface area (Å²) in [5.74, 6) is 0.358. The van der Waals surface area contributed by atoms with E-state index in [0.29, 0.717) is 17.0 Å². The van der Waals surface area contributed by atoms with Crippen molar-refractivity contribution in [2.45, 2.75) is 31.9 Å². The highest BCUT2D eigenvalue weighted by molar-refractivity contribution is 5.82. The average molecular weight is 445 g/mol. The second-order valence-corrected chi connectivity index (χ2v) is 7.85. The number of benzene rings is 1. The first-order valence-corrected chi connectivity index (χ1v) is 10.1. The largest absolute Gasteiger partial charge is 0.419 e. The molecule has 3 aromatic heterocycles. The highest BCUT2D eigenvalue weighted by atomic mass is 19.4. The van der Waals surface area contributed by atoms with Gasteiger partial charge in [0.1, 0.15) is 23.5 Å². The maximum absolute atomic E-state index is 13.7. The van der Waals surface area contributed by atoms with E-state index in [4.69, 9.17) is 0 Å². The van der Waals surface area contributed by atoms with E-state index in [0.717, 1.165) is 55.2 Å². The molecule has 11 heteroatoms. The average Bonchev–Trinajstić information content (AvgIpc) is 3.40. The lowest BCUT2D eigenvalue weighted by atomic mass is 9.96. The molecule has 1 fully saturated rings. The number of rotatable bonds is 3. The highest BCUT2D eigenvalue weighted by Gasteiger charge is 2.34. The molecular weight excluding hydrogens is 426 g/mol. The number of aromatic amines is 2. The highest BCUT2D eigenvalue weighted by Crippen LogP contribution is 2.36. The first-order chi connectivity index (χ1) is 15.3. The van der Waals surface area contributed by atoms with E-state index in [-0.39, 0.29) is 11.5 Å². The van der Waals surface area contributed by atoms with Gasteiger partial charge in [-0.25, -0.2) is 24.3 Å². The SMILES string of the molecule is Cc1[nH]c(C2CCN(c3ncnc4nc[nH]c34)CC2)nc1-c1ccc(F)c(C(F)(F)F)c1. The van der Waals surface area contributed by atoms with E-state index >= 15 is 0 Å². The molecule has 0 saturated carbocycles. The number of hydrogen-bond acceptors (Lipinski definition) is 5. The summed E-state index contributed by atoms with van der Waals surface area (Å²) >= 11 is 0. The molecule has 1 aliphatic heterocycles. The normalized spacial score (nSPS) is 15.6. The van der Waals surface area contributed by atoms with Gasteiger partial charge in [0.05, 0.1) is 17.6 Å². The van der Waals surface area contributed by atoms with Gasteiger partial charge in [0.25, 0.3) is 0 Å². The zero-order valence-electron chi connectivity index (χ0n) is 17.0. The van der Waals surface area contributed by atoms with Gasteiger partial charge in [0.15, 0.2) is 11.5 Å². The maximum Gasteiger partial charge on any atom is 0.419 e. The van der Waals surface area contributed by atoms with E-state index in [1.165, 1.54) is 12.4 Å². The van der Waals surface area contributed by atoms with Crippen molar-refractivity contribution >= 4 is 17.0 Å². The number of fused-ring (bicyclic) bond motifs is 1. The molecule has 0 radical (unpaired) electrons. The fourth-order valence-electron chi connectivity index (χ4n) is 4.20. The third-order valence-electron chi connectivity index (χ3n) is 5.83. The zero-order chi connectivity index (χ0) is 22.5. The van der Waals surface area contributed by atoms with Crippen molar-refractivity contribution in [1.82, 2.24) is 29.9 Å². The van der Waals surface area contributed by atoms with Crippen LogP contribution in [-0.2, 0) is 6.18 Å². The summed E-state index contributed by atoms with van der Waals surface area (Å²) in [6, 6.07) is 2.98. The number of hydrogen-bond donors (Lipinski definition) is 2. The van der Waals surface area contributed by atoms with Crippen LogP contribution in [-0.4, -0.2) is 43.0 Å². The van der Waals surface area contributed by atoms with Gasteiger partial charge in [-0.1, -0.05) is 0 Å². The van der Waals surface area contributed by atoms with Crippen LogP contribution in [0.15, 0.2) is 30.9 Å². The predicted octanol–water partition coefficient (Wildman–Crippen LogP) is 4.59. The Bertz CT molecular complexity index is 1270. The summed E-state index contributed by atoms with van der Waals surface area (Å²) in [5, 5.41) is 0. The topological polar surface area (TPSA) is 86.4 Å². The van der Waals surface area contributed by atoms with Gasteiger partial charge in [-0.15, -0.1) is 0 Å². The van der Waals surface area contributed by atoms with Crippen molar-refractivity contribution in [3.63, 3.8) is 0 Å². The standard InChI is InChI=1S/C21H19F4N7/c1-11-16(13-2-3-15(22)14(8-13)21(23,24)25)31-18(30-11)12-4-6-32(7-5-12)20-17-19(27-9-26-17)28-10-29-20/h2-3,8-10,12H,4-7H2,1H3,(H,30,31)(H,26,27,28,29). The molecule has 0 spiro atoms. The molecule has 0 unspecified atom stereocenters. The molecule has 166 valence electrons. The van der Waals surface area contributed by atoms with Gasteiger partial charge in [0.2, 0.25) is 0 Å². The first-order valence-electron chi connectivity index (χ1n) is 10.1. The van der Waals surface area contributed by atoms with Crippen LogP contribution in [0.2, 0.25) is 0 Å². The Balaban J connectivity index is 1.36. The van der Waals surface area contributed by atoms with Gasteiger partial charge in [-0.3, -0.25) is 0 Å². The van der Waals surface area contributed by atoms with Gasteiger partial charge in [-0.2, -0.15) is 13.2 Å². The molecule has 1 saturated heterocycles. The minimum Gasteiger partial charge on any atom is -0.355 e. The molecule has 0 amide bonds. The van der Waals surface area contributed by atoms with Gasteiger partial charge >= 0.3 is 6.18 Å². The molecule has 2 N–H and O–H groups in total. The molecule has 0 bridgehead atoms. The number of nitrogens with zero attached hydrogens (tertiary/aromatic N) is 5. The van der Waals surface area contributed by atoms with Crippen LogP contribution < -0.4 is 4.90 Å². The van der Waals surface area contributed by atoms with Crippen molar-refractivity contribution in [2.24, 2.45) is 0 Å². The Morgan fingerprint density at radius 3 is 2.62 bits per heavy atom. The lowest BCUT2D eigenvalue weighted by Gasteiger charge is -2.32. The molecule has 0 atom stereocenters. The zero-order valence-corrected chi connectivity index (χ0v) is 17.0. The molecule has 1 aliphatic rings. The first kappa shape index (κ1) is 20.4. The van der Waals surface area contributed by atoms with E-state index in [2.05, 4.69) is 34.8 Å². The van der Waals surface area contributed by atoms with Crippen molar-refractivity contribution in [3.05, 3.63) is 53.8 Å². The summed E-state index contributed by atoms with van der Waals surface area (Å²) in [5.41, 5.74) is 1.40. The monoisotopic (exact) mass is 445 g/mol. The summed E-state index contributed by atoms with van der Waals surface area (Å²) in [6.45, 7) is 3.23. The number of anilines is 1. The number of imidazole rings is 2. The number of piperidine rings is 1. The predicted molar refractivity (Wildman–Crippen MR) is 110 cm³/mol. The minimum absolute atomic E-state index is 0.125. The lowest BCUT2D eigenvalue weighted by molar-refractivity contribution is -0.139. The Kier molecular flexibility index (Phi) is 4.83. The summed E-state index contributed by atoms with van der Waals surface area (Å²) in [6.07, 6.45) is -0.0966. The van der Waals surface area contributed by atoms with E-state index in [1.807, 2.05) is 0 Å². The number of aromatic nitrogens is 6. The number of nitrogens with one attached hydrogen (secondary N) is 2. The van der Waals surface area contributed by atoms with Gasteiger partial charge < -0.3 is 14.9 Å². The maximum atomic E-state index is 13.7. The van der Waals surface area contributed by atoms with Crippen LogP contribution in [0.3, 0.4) is 0 Å². The van der Waals surface area contributed by atoms with Crippen LogP contribution >= 0.6 is 0 Å². The molecule has 4 aromatic rings. The molecule has 7 nitrogen and oxygen atoms in total. The smallest absolute Gasteiger partial charge is 0.355 e. The van der Waals surface area contributed by atoms with E-state index < -0.39 is 17.6 Å². The quantitative estimate of drug-likeness (QED) is 0.451. The number of H-pyrrole nitrogens is 2. The Labute approximate surface area is 179 Å².